The fourth-order valence-electron chi connectivity index (χ4n) is 9.49. The number of unbranched alkanes of at least 4 members (excludes halogenated alkanes) is 48. The fourth-order valence-corrected chi connectivity index (χ4v) is 9.49. The van der Waals surface area contributed by atoms with Crippen molar-refractivity contribution in [3.63, 3.8) is 0 Å². The minimum absolute atomic E-state index is 1.15. The highest BCUT2D eigenvalue weighted by atomic mass is 14.9. The first-order valence-corrected chi connectivity index (χ1v) is 28.8. The summed E-state index contributed by atoms with van der Waals surface area (Å²) in [5.74, 6) is 0. The molecule has 0 aliphatic carbocycles. The zero-order valence-corrected chi connectivity index (χ0v) is 42.3. The zero-order valence-electron chi connectivity index (χ0n) is 42.3. The van der Waals surface area contributed by atoms with E-state index in [0.29, 0.717) is 0 Å². The number of hydrogen-bond donors (Lipinski definition) is 0. The molecule has 0 aromatic carbocycles. The van der Waals surface area contributed by atoms with Gasteiger partial charge >= 0.3 is 0 Å². The molecule has 0 amide bonds. The summed E-state index contributed by atoms with van der Waals surface area (Å²) < 4.78 is 0. The maximum atomic E-state index is 4.62. The van der Waals surface area contributed by atoms with Crippen molar-refractivity contribution in [2.75, 3.05) is 0 Å². The third-order valence-electron chi connectivity index (χ3n) is 13.8. The Morgan fingerprint density at radius 2 is 0.492 bits per heavy atom. The van der Waals surface area contributed by atoms with Crippen molar-refractivity contribution >= 4 is 0 Å². The summed E-state index contributed by atoms with van der Waals surface area (Å²) in [6, 6.07) is 0. The fraction of sp³-hybridized carbons (Fsp3) is 0.867. The van der Waals surface area contributed by atoms with Crippen LogP contribution in [0.4, 0.5) is 0 Å². The first-order valence-electron chi connectivity index (χ1n) is 28.8. The van der Waals surface area contributed by atoms with E-state index in [1.54, 1.807) is 0 Å². The minimum Gasteiger partial charge on any atom is -0.256 e. The van der Waals surface area contributed by atoms with Crippen LogP contribution in [0.5, 0.6) is 0 Å². The molecule has 1 radical (unpaired) electrons. The Kier molecular flexibility index (Phi) is 48.7. The molecule has 1 aliphatic heterocycles. The normalized spacial score (nSPS) is 13.0. The molecular weight excluding hydrogens is 735 g/mol. The van der Waals surface area contributed by atoms with E-state index in [2.05, 4.69) is 49.5 Å². The Bertz CT molecular complexity index is 952. The van der Waals surface area contributed by atoms with Crippen LogP contribution in [0.15, 0.2) is 47.9 Å². The predicted octanol–water partition coefficient (Wildman–Crippen LogP) is 22.0. The highest BCUT2D eigenvalue weighted by Crippen LogP contribution is 2.20. The third-order valence-corrected chi connectivity index (χ3v) is 13.8. The molecule has 1 heterocycles. The van der Waals surface area contributed by atoms with Crippen LogP contribution < -0.4 is 5.32 Å². The molecule has 0 unspecified atom stereocenters. The molecule has 1 aliphatic rings. The van der Waals surface area contributed by atoms with Gasteiger partial charge in [-0.3, -0.25) is 5.32 Å². The van der Waals surface area contributed by atoms with Crippen molar-refractivity contribution in [3.8, 4) is 0 Å². The quantitative estimate of drug-likeness (QED) is 0.0542. The van der Waals surface area contributed by atoms with E-state index in [1.165, 1.54) is 327 Å². The van der Waals surface area contributed by atoms with Crippen LogP contribution in [0.1, 0.15) is 335 Å². The highest BCUT2D eigenvalue weighted by molar-refractivity contribution is 5.44. The van der Waals surface area contributed by atoms with E-state index < -0.39 is 0 Å². The predicted molar refractivity (Wildman–Crippen MR) is 279 cm³/mol. The van der Waals surface area contributed by atoms with Gasteiger partial charge in [0.05, 0.1) is 5.70 Å². The molecule has 0 fully saturated rings. The third kappa shape index (κ3) is 45.1. The molecule has 0 saturated carbocycles. The lowest BCUT2D eigenvalue weighted by molar-refractivity contribution is 0.517. The van der Waals surface area contributed by atoms with Gasteiger partial charge < -0.3 is 0 Å². The van der Waals surface area contributed by atoms with E-state index >= 15 is 0 Å². The van der Waals surface area contributed by atoms with E-state index in [9.17, 15) is 0 Å². The van der Waals surface area contributed by atoms with Gasteiger partial charge in [0.1, 0.15) is 0 Å². The van der Waals surface area contributed by atoms with Crippen molar-refractivity contribution in [1.29, 1.82) is 0 Å². The van der Waals surface area contributed by atoms with Crippen molar-refractivity contribution in [3.05, 3.63) is 47.9 Å². The molecule has 1 heteroatoms. The average molecular weight is 848 g/mol. The summed E-state index contributed by atoms with van der Waals surface area (Å²) in [5, 5.41) is 4.62. The molecule has 0 atom stereocenters. The monoisotopic (exact) mass is 847 g/mol. The van der Waals surface area contributed by atoms with E-state index in [4.69, 9.17) is 0 Å². The van der Waals surface area contributed by atoms with Gasteiger partial charge in [-0.15, -0.1) is 0 Å². The summed E-state index contributed by atoms with van der Waals surface area (Å²) in [5.41, 5.74) is 2.44. The van der Waals surface area contributed by atoms with Gasteiger partial charge in [-0.05, 0) is 37.8 Å². The van der Waals surface area contributed by atoms with Crippen molar-refractivity contribution in [2.24, 2.45) is 0 Å². The first kappa shape index (κ1) is 57.8. The van der Waals surface area contributed by atoms with Crippen LogP contribution in [-0.2, 0) is 0 Å². The standard InChI is InChI=1S/C60H112N/c1-3-5-7-9-11-13-15-17-19-21-23-25-27-29-31-33-35-37-39-41-43-45-47-49-51-53-55-59-57-58-61-60(59)56-54-52-50-48-46-44-42-40-38-36-34-32-30-28-26-24-22-20-18-16-14-12-10-8-6-4-2/h53-58H,3-52H2,1-2H3/b55-53+,56-54+. The van der Waals surface area contributed by atoms with Gasteiger partial charge in [-0.25, -0.2) is 0 Å². The maximum absolute atomic E-state index is 4.62. The molecule has 1 rings (SSSR count). The van der Waals surface area contributed by atoms with E-state index in [-0.39, 0.29) is 0 Å². The van der Waals surface area contributed by atoms with Crippen LogP contribution in [0, 0.1) is 0 Å². The van der Waals surface area contributed by atoms with Crippen LogP contribution in [0.25, 0.3) is 0 Å². The zero-order chi connectivity index (χ0) is 43.5. The van der Waals surface area contributed by atoms with E-state index in [1.807, 2.05) is 6.20 Å². The molecule has 0 N–H and O–H groups in total. The van der Waals surface area contributed by atoms with Crippen molar-refractivity contribution < 1.29 is 0 Å². The molecule has 0 aromatic heterocycles. The average Bonchev–Trinajstić information content (AvgIpc) is 3.73. The molecule has 0 aromatic rings. The van der Waals surface area contributed by atoms with Gasteiger partial charge in [0.15, 0.2) is 0 Å². The number of hydrogen-bond acceptors (Lipinski definition) is 0. The van der Waals surface area contributed by atoms with Gasteiger partial charge in [0, 0.05) is 11.8 Å². The van der Waals surface area contributed by atoms with Gasteiger partial charge in [0.2, 0.25) is 0 Å². The largest absolute Gasteiger partial charge is 0.256 e. The number of allylic oxidation sites excluding steroid dienone is 6. The van der Waals surface area contributed by atoms with Crippen LogP contribution in [-0.4, -0.2) is 0 Å². The SMILES string of the molecule is CCCCCCCCCCCCCCCCCCCCCCCCCC/C=C/C1=C(/C=C/CCCCCCCCCCCCCCCCCCCCCCCCCC)[N]C=C1. The second-order valence-electron chi connectivity index (χ2n) is 19.9. The summed E-state index contributed by atoms with van der Waals surface area (Å²) in [6.45, 7) is 4.62. The Morgan fingerprint density at radius 1 is 0.279 bits per heavy atom. The number of rotatable bonds is 52. The second-order valence-corrected chi connectivity index (χ2v) is 19.9. The summed E-state index contributed by atoms with van der Waals surface area (Å²) in [4.78, 5) is 0. The molecule has 0 saturated heterocycles. The highest BCUT2D eigenvalue weighted by Gasteiger charge is 2.04. The van der Waals surface area contributed by atoms with Crippen molar-refractivity contribution in [1.82, 2.24) is 5.32 Å². The van der Waals surface area contributed by atoms with Gasteiger partial charge in [0.25, 0.3) is 0 Å². The lowest BCUT2D eigenvalue weighted by Crippen LogP contribution is -1.89. The van der Waals surface area contributed by atoms with Crippen LogP contribution in [0.2, 0.25) is 0 Å². The maximum Gasteiger partial charge on any atom is 0.0699 e. The Morgan fingerprint density at radius 3 is 0.738 bits per heavy atom. The van der Waals surface area contributed by atoms with Crippen LogP contribution >= 0.6 is 0 Å². The molecule has 0 bridgehead atoms. The Balaban J connectivity index is 1.79. The summed E-state index contributed by atoms with van der Waals surface area (Å²) >= 11 is 0. The summed E-state index contributed by atoms with van der Waals surface area (Å²) in [6.07, 6.45) is 85.6. The molecule has 0 spiro atoms. The smallest absolute Gasteiger partial charge is 0.0699 e. The molecule has 61 heavy (non-hydrogen) atoms. The molecular formula is C60H112N. The topological polar surface area (TPSA) is 14.1 Å². The van der Waals surface area contributed by atoms with Gasteiger partial charge in [-0.2, -0.15) is 0 Å². The van der Waals surface area contributed by atoms with Crippen molar-refractivity contribution in [2.45, 2.75) is 335 Å². The van der Waals surface area contributed by atoms with E-state index in [0.717, 1.165) is 5.70 Å². The van der Waals surface area contributed by atoms with Gasteiger partial charge in [-0.1, -0.05) is 327 Å². The first-order chi connectivity index (χ1) is 30.4. The molecule has 1 nitrogen and oxygen atoms in total. The Hall–Kier alpha value is -1.24. The second kappa shape index (κ2) is 51.4. The minimum atomic E-state index is 1.15. The summed E-state index contributed by atoms with van der Waals surface area (Å²) in [7, 11) is 0. The molecule has 357 valence electrons. The lowest BCUT2D eigenvalue weighted by atomic mass is 10.0. The number of nitrogens with zero attached hydrogens (tertiary/aromatic N) is 1. The Labute approximate surface area is 386 Å². The van der Waals surface area contributed by atoms with Crippen LogP contribution in [0.3, 0.4) is 0 Å². The lowest BCUT2D eigenvalue weighted by Gasteiger charge is -2.04.